The highest BCUT2D eigenvalue weighted by Crippen LogP contribution is 2.60. The van der Waals surface area contributed by atoms with Crippen LogP contribution >= 0.6 is 38.1 Å². The van der Waals surface area contributed by atoms with Crippen LogP contribution in [0.25, 0.3) is 22.3 Å². The molecule has 8 atom stereocenters. The van der Waals surface area contributed by atoms with E-state index in [0.717, 1.165) is 17.2 Å². The van der Waals surface area contributed by atoms with Crippen molar-refractivity contribution >= 4 is 72.2 Å². The Bertz CT molecular complexity index is 1930. The summed E-state index contributed by atoms with van der Waals surface area (Å²) in [5.41, 5.74) is 11.1. The topological polar surface area (TPSA) is 249 Å². The summed E-state index contributed by atoms with van der Waals surface area (Å²) in [5, 5.41) is 0. The van der Waals surface area contributed by atoms with Crippen LogP contribution in [0.3, 0.4) is 0 Å². The first-order chi connectivity index (χ1) is 20.8. The summed E-state index contributed by atoms with van der Waals surface area (Å²) in [6.45, 7) is -10.2. The fraction of sp³-hybridized carbons (Fsp3) is 0.500. The molecule has 24 heteroatoms. The number of H-pyrrole nitrogens is 1. The standard InChI is InChI=1S/C20H23FN10O9P2S2/c21-20(31-7-27-11-14(22)24-5-25-15(11)31)4-35-10-3-37-41(33,43)39-9-1-8(2-36-42(34,44)40-13(10)20)38-18(9)30-6-26-12-16(30)28-19(23)29-17(12)32/h5-10,13,18H,1-4H2,(H,33,43)(H,34,44)(H2,22,24,25)(H3,23,28,29,32)/t8-,9+,10+,13-,18+,20-,41?,42?/m0/s1. The number of nitrogens with one attached hydrogen (secondary N) is 1. The average molecular weight is 693 g/mol. The molecule has 0 aliphatic carbocycles. The molecular formula is C20H23FN10O9P2S2. The van der Waals surface area contributed by atoms with E-state index in [9.17, 15) is 13.9 Å². The van der Waals surface area contributed by atoms with E-state index in [-0.39, 0.29) is 47.1 Å². The van der Waals surface area contributed by atoms with Crippen molar-refractivity contribution in [2.45, 2.75) is 42.9 Å². The minimum Gasteiger partial charge on any atom is -0.382 e. The van der Waals surface area contributed by atoms with E-state index in [0.29, 0.717) is 0 Å². The number of aromatic amines is 1. The summed E-state index contributed by atoms with van der Waals surface area (Å²) in [4.78, 5) is 34.8. The van der Waals surface area contributed by atoms with E-state index in [1.54, 1.807) is 0 Å². The number of nitrogen functional groups attached to an aromatic ring is 2. The Kier molecular flexibility index (Phi) is 7.31. The third kappa shape index (κ3) is 5.21. The van der Waals surface area contributed by atoms with Crippen molar-refractivity contribution in [2.75, 3.05) is 31.3 Å². The summed E-state index contributed by atoms with van der Waals surface area (Å²) in [7, 11) is 0. The first-order valence-corrected chi connectivity index (χ1v) is 18.2. The van der Waals surface area contributed by atoms with Crippen LogP contribution in [0.2, 0.25) is 0 Å². The molecule has 0 saturated carbocycles. The number of hydrogen-bond acceptors (Lipinski definition) is 16. The van der Waals surface area contributed by atoms with Gasteiger partial charge in [0.1, 0.15) is 30.7 Å². The van der Waals surface area contributed by atoms with Crippen LogP contribution < -0.4 is 17.0 Å². The number of fused-ring (bicyclic) bond motifs is 5. The van der Waals surface area contributed by atoms with Crippen molar-refractivity contribution in [1.29, 1.82) is 0 Å². The van der Waals surface area contributed by atoms with Gasteiger partial charge in [-0.3, -0.25) is 37.0 Å². The highest BCUT2D eigenvalue weighted by molar-refractivity contribution is 8.44. The molecule has 5 N–H and O–H groups in total. The average Bonchev–Trinajstić information content (AvgIpc) is 3.72. The van der Waals surface area contributed by atoms with Gasteiger partial charge in [0.15, 0.2) is 35.0 Å². The van der Waals surface area contributed by atoms with Crippen molar-refractivity contribution < 1.29 is 41.1 Å². The van der Waals surface area contributed by atoms with E-state index >= 15 is 4.39 Å². The predicted molar refractivity (Wildman–Crippen MR) is 154 cm³/mol. The SMILES string of the molecule is Nc1nc2c(ncn2[C@@H]2O[C@@H]3COP(=O)(S)O[C@H]4[C@@H](COP(=O)(S)O[C@@H]2C3)OC[C@]4(F)n2cnc3c(N)ncnc32)c(=O)[nH]1. The summed E-state index contributed by atoms with van der Waals surface area (Å²) < 4.78 is 80.4. The molecule has 7 heterocycles. The van der Waals surface area contributed by atoms with E-state index in [1.165, 1.54) is 10.9 Å². The highest BCUT2D eigenvalue weighted by atomic mass is 32.7. The lowest BCUT2D eigenvalue weighted by Gasteiger charge is -2.31. The second kappa shape index (κ2) is 10.7. The molecule has 4 aromatic heterocycles. The quantitative estimate of drug-likeness (QED) is 0.147. The molecule has 0 amide bonds. The van der Waals surface area contributed by atoms with Crippen LogP contribution in [-0.4, -0.2) is 83.3 Å². The molecule has 2 bridgehead atoms. The number of hydrogen-bond donors (Lipinski definition) is 5. The minimum absolute atomic E-state index is 0.00599. The van der Waals surface area contributed by atoms with Crippen LogP contribution in [0, 0.1) is 0 Å². The third-order valence-electron chi connectivity index (χ3n) is 7.25. The largest absolute Gasteiger partial charge is 0.386 e. The second-order valence-corrected chi connectivity index (χ2v) is 15.8. The van der Waals surface area contributed by atoms with Crippen LogP contribution in [0.5, 0.6) is 0 Å². The highest BCUT2D eigenvalue weighted by Gasteiger charge is 2.57. The lowest BCUT2D eigenvalue weighted by Crippen LogP contribution is -2.45. The van der Waals surface area contributed by atoms with Crippen LogP contribution in [0.1, 0.15) is 12.6 Å². The Hall–Kier alpha value is -2.65. The fourth-order valence-electron chi connectivity index (χ4n) is 5.31. The zero-order chi connectivity index (χ0) is 31.0. The molecule has 2 unspecified atom stereocenters. The van der Waals surface area contributed by atoms with Gasteiger partial charge in [-0.15, -0.1) is 0 Å². The fourth-order valence-corrected chi connectivity index (χ4v) is 8.30. The molecular weight excluding hydrogens is 669 g/mol. The first kappa shape index (κ1) is 30.0. The summed E-state index contributed by atoms with van der Waals surface area (Å²) in [6.07, 6.45) is -2.45. The van der Waals surface area contributed by atoms with Crippen LogP contribution in [-0.2, 0) is 42.5 Å². The van der Waals surface area contributed by atoms with E-state index in [1.807, 2.05) is 0 Å². The van der Waals surface area contributed by atoms with Gasteiger partial charge in [0.2, 0.25) is 11.7 Å². The number of nitrogens with two attached hydrogens (primary N) is 2. The van der Waals surface area contributed by atoms with Gasteiger partial charge < -0.3 is 20.9 Å². The smallest absolute Gasteiger partial charge is 0.382 e. The number of ether oxygens (including phenoxy) is 2. The van der Waals surface area contributed by atoms with Gasteiger partial charge in [-0.2, -0.15) is 4.98 Å². The zero-order valence-corrected chi connectivity index (χ0v) is 25.7. The number of halogens is 1. The third-order valence-corrected chi connectivity index (χ3v) is 10.5. The van der Waals surface area contributed by atoms with Crippen molar-refractivity contribution in [3.63, 3.8) is 0 Å². The lowest BCUT2D eigenvalue weighted by molar-refractivity contribution is -0.0570. The molecule has 3 saturated heterocycles. The van der Waals surface area contributed by atoms with Gasteiger partial charge >= 0.3 is 13.6 Å². The zero-order valence-electron chi connectivity index (χ0n) is 22.1. The number of aromatic nitrogens is 8. The van der Waals surface area contributed by atoms with Gasteiger partial charge in [0.05, 0.1) is 32.0 Å². The first-order valence-electron chi connectivity index (χ1n) is 12.8. The minimum atomic E-state index is -4.35. The number of nitrogens with zero attached hydrogens (tertiary/aromatic N) is 7. The Morgan fingerprint density at radius 1 is 1.00 bits per heavy atom. The number of anilines is 2. The molecule has 4 aromatic rings. The van der Waals surface area contributed by atoms with E-state index in [2.05, 4.69) is 54.4 Å². The predicted octanol–water partition coefficient (Wildman–Crippen LogP) is 1.33. The Balaban J connectivity index is 1.21. The molecule has 0 radical (unpaired) electrons. The van der Waals surface area contributed by atoms with Crippen molar-refractivity contribution in [3.05, 3.63) is 29.3 Å². The molecule has 0 spiro atoms. The number of alkyl halides is 1. The summed E-state index contributed by atoms with van der Waals surface area (Å²) in [5.74, 6) is -2.75. The van der Waals surface area contributed by atoms with Gasteiger partial charge in [-0.05, 0) is 0 Å². The molecule has 3 aliphatic rings. The van der Waals surface area contributed by atoms with Crippen LogP contribution in [0.4, 0.5) is 16.2 Å². The summed E-state index contributed by atoms with van der Waals surface area (Å²) >= 11 is 8.19. The van der Waals surface area contributed by atoms with Crippen molar-refractivity contribution in [1.82, 2.24) is 39.0 Å². The number of rotatable bonds is 2. The second-order valence-electron chi connectivity index (χ2n) is 10.1. The molecule has 44 heavy (non-hydrogen) atoms. The maximum atomic E-state index is 16.9. The van der Waals surface area contributed by atoms with Gasteiger partial charge in [-0.1, -0.05) is 24.5 Å². The maximum Gasteiger partial charge on any atom is 0.386 e. The lowest BCUT2D eigenvalue weighted by atomic mass is 10.1. The molecule has 0 aromatic carbocycles. The molecule has 236 valence electrons. The molecule has 3 aliphatic heterocycles. The number of imidazole rings is 2. The molecule has 3 fully saturated rings. The van der Waals surface area contributed by atoms with Gasteiger partial charge in [0.25, 0.3) is 5.56 Å². The Morgan fingerprint density at radius 3 is 2.57 bits per heavy atom. The Morgan fingerprint density at radius 2 is 1.75 bits per heavy atom. The van der Waals surface area contributed by atoms with Crippen molar-refractivity contribution in [3.8, 4) is 0 Å². The van der Waals surface area contributed by atoms with Crippen LogP contribution in [0.15, 0.2) is 23.8 Å². The normalized spacial score (nSPS) is 36.6. The maximum absolute atomic E-state index is 16.9. The monoisotopic (exact) mass is 692 g/mol. The van der Waals surface area contributed by atoms with Gasteiger partial charge in [0, 0.05) is 6.42 Å². The number of thiol groups is 2. The molecule has 19 nitrogen and oxygen atoms in total. The molecule has 7 rings (SSSR count). The van der Waals surface area contributed by atoms with Crippen molar-refractivity contribution in [2.24, 2.45) is 0 Å². The van der Waals surface area contributed by atoms with E-state index in [4.69, 9.17) is 39.0 Å². The van der Waals surface area contributed by atoms with Gasteiger partial charge in [-0.25, -0.2) is 33.5 Å². The van der Waals surface area contributed by atoms with E-state index < -0.39 is 68.8 Å². The Labute approximate surface area is 255 Å². The summed E-state index contributed by atoms with van der Waals surface area (Å²) in [6, 6.07) is 0.